The number of aryl methyl sites for hydroxylation is 1. The highest BCUT2D eigenvalue weighted by atomic mass is 19.1. The van der Waals surface area contributed by atoms with Crippen molar-refractivity contribution in [3.8, 4) is 16.9 Å². The smallest absolute Gasteiger partial charge is 0.123 e. The van der Waals surface area contributed by atoms with Gasteiger partial charge in [-0.1, -0.05) is 24.3 Å². The van der Waals surface area contributed by atoms with Gasteiger partial charge in [0.2, 0.25) is 0 Å². The van der Waals surface area contributed by atoms with Crippen molar-refractivity contribution in [3.05, 3.63) is 96.0 Å². The number of benzene rings is 2. The zero-order valence-electron chi connectivity index (χ0n) is 17.3. The molecule has 0 saturated heterocycles. The zero-order valence-corrected chi connectivity index (χ0v) is 17.3. The van der Waals surface area contributed by atoms with Crippen LogP contribution in [0, 0.1) is 12.7 Å². The van der Waals surface area contributed by atoms with Crippen LogP contribution in [0.5, 0.6) is 0 Å². The summed E-state index contributed by atoms with van der Waals surface area (Å²) in [4.78, 5) is 10.6. The fraction of sp³-hybridized carbons (Fsp3) is 0.208. The Kier molecular flexibility index (Phi) is 5.68. The van der Waals surface area contributed by atoms with Crippen LogP contribution in [-0.4, -0.2) is 31.7 Å². The highest BCUT2D eigenvalue weighted by molar-refractivity contribution is 5.63. The number of hydrogen-bond donors (Lipinski definition) is 0. The van der Waals surface area contributed by atoms with E-state index >= 15 is 0 Å². The first kappa shape index (κ1) is 19.9. The van der Waals surface area contributed by atoms with Crippen molar-refractivity contribution in [2.75, 3.05) is 7.05 Å². The molecule has 0 aliphatic carbocycles. The van der Waals surface area contributed by atoms with Crippen molar-refractivity contribution in [1.29, 1.82) is 0 Å². The van der Waals surface area contributed by atoms with E-state index in [1.165, 1.54) is 12.1 Å². The molecule has 1 atom stereocenters. The van der Waals surface area contributed by atoms with Gasteiger partial charge in [0.1, 0.15) is 12.1 Å². The van der Waals surface area contributed by atoms with Gasteiger partial charge in [0, 0.05) is 36.1 Å². The standard InChI is InChI=1S/C24H24FN5/c1-17-6-4-9-22(12-17)30-15-20(24(28-30)19-7-5-8-21(25)13-19)14-29(3)18(2)23-10-11-26-16-27-23/h4-13,15-16,18H,14H2,1-3H3/t18-/m1/s1. The second-order valence-electron chi connectivity index (χ2n) is 7.52. The molecule has 2 heterocycles. The molecule has 0 spiro atoms. The van der Waals surface area contributed by atoms with Crippen molar-refractivity contribution >= 4 is 0 Å². The van der Waals surface area contributed by atoms with E-state index in [9.17, 15) is 4.39 Å². The van der Waals surface area contributed by atoms with E-state index in [1.807, 2.05) is 42.2 Å². The molecule has 4 rings (SSSR count). The summed E-state index contributed by atoms with van der Waals surface area (Å²) in [6.45, 7) is 4.80. The van der Waals surface area contributed by atoms with Crippen LogP contribution < -0.4 is 0 Å². The summed E-state index contributed by atoms with van der Waals surface area (Å²) in [5.74, 6) is -0.272. The van der Waals surface area contributed by atoms with Gasteiger partial charge in [-0.3, -0.25) is 4.90 Å². The van der Waals surface area contributed by atoms with Crippen LogP contribution in [0.3, 0.4) is 0 Å². The lowest BCUT2D eigenvalue weighted by Gasteiger charge is -2.24. The van der Waals surface area contributed by atoms with Crippen LogP contribution in [0.15, 0.2) is 73.3 Å². The van der Waals surface area contributed by atoms with Crippen LogP contribution in [0.25, 0.3) is 16.9 Å². The fourth-order valence-electron chi connectivity index (χ4n) is 3.49. The van der Waals surface area contributed by atoms with Gasteiger partial charge in [0.25, 0.3) is 0 Å². The summed E-state index contributed by atoms with van der Waals surface area (Å²) < 4.78 is 15.8. The maximum atomic E-state index is 13.9. The maximum absolute atomic E-state index is 13.9. The van der Waals surface area contributed by atoms with E-state index in [2.05, 4.69) is 40.8 Å². The molecule has 4 aromatic rings. The monoisotopic (exact) mass is 401 g/mol. The van der Waals surface area contributed by atoms with Crippen molar-refractivity contribution in [2.45, 2.75) is 26.4 Å². The van der Waals surface area contributed by atoms with Gasteiger partial charge in [0.05, 0.1) is 17.1 Å². The molecule has 5 nitrogen and oxygen atoms in total. The van der Waals surface area contributed by atoms with Gasteiger partial charge in [-0.2, -0.15) is 5.10 Å². The van der Waals surface area contributed by atoms with E-state index in [0.29, 0.717) is 6.54 Å². The molecule has 0 radical (unpaired) electrons. The summed E-state index contributed by atoms with van der Waals surface area (Å²) in [7, 11) is 2.05. The lowest BCUT2D eigenvalue weighted by Crippen LogP contribution is -2.22. The summed E-state index contributed by atoms with van der Waals surface area (Å²) in [5.41, 5.74) is 5.64. The van der Waals surface area contributed by atoms with Crippen molar-refractivity contribution in [3.63, 3.8) is 0 Å². The second kappa shape index (κ2) is 8.55. The first-order chi connectivity index (χ1) is 14.5. The Morgan fingerprint density at radius 2 is 1.93 bits per heavy atom. The third-order valence-electron chi connectivity index (χ3n) is 5.27. The fourth-order valence-corrected chi connectivity index (χ4v) is 3.49. The molecular formula is C24H24FN5. The van der Waals surface area contributed by atoms with Gasteiger partial charge in [-0.05, 0) is 56.8 Å². The molecule has 0 unspecified atom stereocenters. The van der Waals surface area contributed by atoms with Crippen LogP contribution in [0.4, 0.5) is 4.39 Å². The SMILES string of the molecule is Cc1cccc(-n2cc(CN(C)[C@H](C)c3ccncn3)c(-c3cccc(F)c3)n2)c1. The molecule has 0 bridgehead atoms. The van der Waals surface area contributed by atoms with Crippen LogP contribution in [0.2, 0.25) is 0 Å². The minimum absolute atomic E-state index is 0.0932. The summed E-state index contributed by atoms with van der Waals surface area (Å²) in [5, 5.41) is 4.82. The molecule has 0 amide bonds. The first-order valence-electron chi connectivity index (χ1n) is 9.89. The Hall–Kier alpha value is -3.38. The molecule has 0 aliphatic heterocycles. The summed E-state index contributed by atoms with van der Waals surface area (Å²) in [6.07, 6.45) is 5.34. The number of rotatable bonds is 6. The van der Waals surface area contributed by atoms with Gasteiger partial charge in [-0.25, -0.2) is 19.0 Å². The van der Waals surface area contributed by atoms with E-state index in [-0.39, 0.29) is 11.9 Å². The van der Waals surface area contributed by atoms with Gasteiger partial charge < -0.3 is 0 Å². The molecule has 2 aromatic heterocycles. The van der Waals surface area contributed by atoms with Crippen molar-refractivity contribution in [2.24, 2.45) is 0 Å². The molecule has 152 valence electrons. The topological polar surface area (TPSA) is 46.8 Å². The quantitative estimate of drug-likeness (QED) is 0.458. The Morgan fingerprint density at radius 3 is 2.67 bits per heavy atom. The van der Waals surface area contributed by atoms with E-state index in [1.54, 1.807) is 18.6 Å². The molecule has 30 heavy (non-hydrogen) atoms. The Labute approximate surface area is 175 Å². The van der Waals surface area contributed by atoms with Crippen molar-refractivity contribution < 1.29 is 4.39 Å². The second-order valence-corrected chi connectivity index (χ2v) is 7.52. The number of nitrogens with zero attached hydrogens (tertiary/aromatic N) is 5. The first-order valence-corrected chi connectivity index (χ1v) is 9.89. The maximum Gasteiger partial charge on any atom is 0.123 e. The molecule has 0 aliphatic rings. The molecule has 0 N–H and O–H groups in total. The average Bonchev–Trinajstić information content (AvgIpc) is 3.17. The highest BCUT2D eigenvalue weighted by Gasteiger charge is 2.18. The average molecular weight is 401 g/mol. The molecular weight excluding hydrogens is 377 g/mol. The molecule has 0 saturated carbocycles. The normalized spacial score (nSPS) is 12.3. The van der Waals surface area contributed by atoms with Crippen LogP contribution in [-0.2, 0) is 6.54 Å². The van der Waals surface area contributed by atoms with Gasteiger partial charge in [0.15, 0.2) is 0 Å². The Morgan fingerprint density at radius 1 is 1.10 bits per heavy atom. The van der Waals surface area contributed by atoms with Crippen LogP contribution >= 0.6 is 0 Å². The third-order valence-corrected chi connectivity index (χ3v) is 5.27. The van der Waals surface area contributed by atoms with Gasteiger partial charge >= 0.3 is 0 Å². The molecule has 2 aromatic carbocycles. The minimum Gasteiger partial charge on any atom is -0.294 e. The summed E-state index contributed by atoms with van der Waals surface area (Å²) in [6, 6.07) is 16.8. The zero-order chi connectivity index (χ0) is 21.1. The number of halogens is 1. The summed E-state index contributed by atoms with van der Waals surface area (Å²) >= 11 is 0. The molecule has 0 fully saturated rings. The molecule has 6 heteroatoms. The largest absolute Gasteiger partial charge is 0.294 e. The number of hydrogen-bond acceptors (Lipinski definition) is 4. The van der Waals surface area contributed by atoms with Crippen LogP contribution in [0.1, 0.15) is 29.8 Å². The minimum atomic E-state index is -0.272. The van der Waals surface area contributed by atoms with E-state index in [0.717, 1.165) is 33.8 Å². The predicted octanol–water partition coefficient (Wildman–Crippen LogP) is 4.97. The lowest BCUT2D eigenvalue weighted by atomic mass is 10.1. The predicted molar refractivity (Wildman–Crippen MR) is 116 cm³/mol. The van der Waals surface area contributed by atoms with Crippen molar-refractivity contribution in [1.82, 2.24) is 24.6 Å². The highest BCUT2D eigenvalue weighted by Crippen LogP contribution is 2.27. The van der Waals surface area contributed by atoms with E-state index < -0.39 is 0 Å². The van der Waals surface area contributed by atoms with Gasteiger partial charge in [-0.15, -0.1) is 0 Å². The third kappa shape index (κ3) is 4.28. The Balaban J connectivity index is 1.71. The number of aromatic nitrogens is 4. The van der Waals surface area contributed by atoms with E-state index in [4.69, 9.17) is 5.10 Å². The lowest BCUT2D eigenvalue weighted by molar-refractivity contribution is 0.248. The Bertz CT molecular complexity index is 1140.